The highest BCUT2D eigenvalue weighted by Gasteiger charge is 2.33. The minimum absolute atomic E-state index is 0.0887. The average molecular weight is 690 g/mol. The van der Waals surface area contributed by atoms with Crippen LogP contribution in [0, 0.1) is 6.92 Å². The number of thioether (sulfide) groups is 1. The van der Waals surface area contributed by atoms with E-state index in [0.717, 1.165) is 28.2 Å². The van der Waals surface area contributed by atoms with Crippen molar-refractivity contribution in [1.29, 1.82) is 0 Å². The highest BCUT2D eigenvalue weighted by atomic mass is 32.2. The molecule has 0 fully saturated rings. The molecule has 252 valence electrons. The molecule has 3 unspecified atom stereocenters. The Hall–Kier alpha value is -4.37. The molecule has 3 atom stereocenters. The minimum atomic E-state index is -2.19. The fraction of sp³-hybridized carbons (Fsp3) is 0.324. The number of carbonyl (C=O) groups excluding carboxylic acids is 2. The molecule has 14 heteroatoms. The maximum atomic E-state index is 13.6. The summed E-state index contributed by atoms with van der Waals surface area (Å²) in [5, 5.41) is 21.4. The molecule has 12 nitrogen and oxygen atoms in total. The maximum absolute atomic E-state index is 13.6. The second-order valence-electron chi connectivity index (χ2n) is 11.4. The van der Waals surface area contributed by atoms with E-state index in [9.17, 15) is 18.4 Å². The summed E-state index contributed by atoms with van der Waals surface area (Å²) in [5.74, 6) is 0.821. The molecule has 4 aromatic rings. The van der Waals surface area contributed by atoms with Crippen LogP contribution in [0.1, 0.15) is 70.8 Å². The van der Waals surface area contributed by atoms with Gasteiger partial charge in [0.2, 0.25) is 0 Å². The standard InChI is InChI=1S/C34H39N7O5S2/c1-6-35-22(3)27-17-25(13-16-30(27)48(44)45)33(43)36-19-31-37-38-34(40(31)4)47-20-32(42)41-29(24-9-7-21(2)8-10-24)18-28(39-41)23-11-14-26(46-5)15-12-23/h7-17,22,29,35H,6,18-20H2,1-5H3,(H,36,43)(H,44,45). The van der Waals surface area contributed by atoms with Crippen LogP contribution >= 0.6 is 11.8 Å². The number of hydrogen-bond donors (Lipinski definition) is 3. The number of hydrogen-bond acceptors (Lipinski definition) is 9. The van der Waals surface area contributed by atoms with Crippen LogP contribution in [0.5, 0.6) is 5.75 Å². The summed E-state index contributed by atoms with van der Waals surface area (Å²) in [5.41, 5.74) is 4.83. The lowest BCUT2D eigenvalue weighted by atomic mass is 9.97. The second kappa shape index (κ2) is 15.7. The lowest BCUT2D eigenvalue weighted by molar-refractivity contribution is -0.130. The third-order valence-corrected chi connectivity index (χ3v) is 9.90. The van der Waals surface area contributed by atoms with Gasteiger partial charge in [0.1, 0.15) is 5.75 Å². The molecule has 0 bridgehead atoms. The van der Waals surface area contributed by atoms with Crippen LogP contribution in [-0.4, -0.2) is 65.5 Å². The Kier molecular flexibility index (Phi) is 11.4. The SMILES string of the molecule is CCNC(C)c1cc(C(=O)NCc2nnc(SCC(=O)N3N=C(c4ccc(OC)cc4)CC3c3ccc(C)cc3)n2C)ccc1S(=O)O. The first-order chi connectivity index (χ1) is 23.1. The van der Waals surface area contributed by atoms with Crippen molar-refractivity contribution in [2.45, 2.75) is 55.9 Å². The largest absolute Gasteiger partial charge is 0.497 e. The summed E-state index contributed by atoms with van der Waals surface area (Å²) in [6.07, 6.45) is 0.579. The Morgan fingerprint density at radius 2 is 1.83 bits per heavy atom. The van der Waals surface area contributed by atoms with Gasteiger partial charge in [-0.15, -0.1) is 10.2 Å². The van der Waals surface area contributed by atoms with Crippen molar-refractivity contribution < 1.29 is 23.1 Å². The monoisotopic (exact) mass is 689 g/mol. The second-order valence-corrected chi connectivity index (χ2v) is 13.2. The summed E-state index contributed by atoms with van der Waals surface area (Å²) < 4.78 is 28.6. The Bertz CT molecular complexity index is 1830. The molecule has 48 heavy (non-hydrogen) atoms. The van der Waals surface area contributed by atoms with Crippen molar-refractivity contribution in [2.75, 3.05) is 19.4 Å². The maximum Gasteiger partial charge on any atom is 0.253 e. The van der Waals surface area contributed by atoms with Crippen LogP contribution in [0.4, 0.5) is 0 Å². The van der Waals surface area contributed by atoms with E-state index >= 15 is 0 Å². The summed E-state index contributed by atoms with van der Waals surface area (Å²) >= 11 is -0.936. The van der Waals surface area contributed by atoms with Crippen LogP contribution < -0.4 is 15.4 Å². The molecule has 1 aliphatic heterocycles. The normalized spacial score (nSPS) is 15.6. The van der Waals surface area contributed by atoms with Gasteiger partial charge in [0.25, 0.3) is 11.8 Å². The lowest BCUT2D eigenvalue weighted by Crippen LogP contribution is -2.28. The summed E-state index contributed by atoms with van der Waals surface area (Å²) in [6.45, 7) is 6.60. The molecular formula is C34H39N7O5S2. The molecule has 0 saturated heterocycles. The molecule has 0 radical (unpaired) electrons. The lowest BCUT2D eigenvalue weighted by Gasteiger charge is -2.22. The van der Waals surface area contributed by atoms with Crippen molar-refractivity contribution in [3.05, 3.63) is 100 Å². The van der Waals surface area contributed by atoms with E-state index in [2.05, 4.69) is 20.8 Å². The fourth-order valence-electron chi connectivity index (χ4n) is 5.43. The van der Waals surface area contributed by atoms with E-state index in [4.69, 9.17) is 9.84 Å². The number of nitrogens with one attached hydrogen (secondary N) is 2. The zero-order chi connectivity index (χ0) is 34.4. The number of nitrogens with zero attached hydrogens (tertiary/aromatic N) is 5. The number of benzene rings is 3. The molecule has 0 saturated carbocycles. The topological polar surface area (TPSA) is 151 Å². The van der Waals surface area contributed by atoms with Crippen LogP contribution in [0.25, 0.3) is 0 Å². The summed E-state index contributed by atoms with van der Waals surface area (Å²) in [4.78, 5) is 26.9. The zero-order valence-electron chi connectivity index (χ0n) is 27.5. The van der Waals surface area contributed by atoms with Crippen molar-refractivity contribution in [3.8, 4) is 5.75 Å². The first-order valence-electron chi connectivity index (χ1n) is 15.5. The highest BCUT2D eigenvalue weighted by molar-refractivity contribution is 7.99. The first-order valence-corrected chi connectivity index (χ1v) is 17.6. The van der Waals surface area contributed by atoms with Crippen molar-refractivity contribution >= 4 is 40.4 Å². The molecule has 5 rings (SSSR count). The van der Waals surface area contributed by atoms with Crippen LogP contribution in [-0.2, 0) is 29.5 Å². The molecule has 1 aromatic heterocycles. The predicted octanol–water partition coefficient (Wildman–Crippen LogP) is 4.78. The Balaban J connectivity index is 1.25. The van der Waals surface area contributed by atoms with Crippen molar-refractivity contribution in [3.63, 3.8) is 0 Å². The zero-order valence-corrected chi connectivity index (χ0v) is 29.1. The Labute approximate surface area is 286 Å². The van der Waals surface area contributed by atoms with Crippen molar-refractivity contribution in [2.24, 2.45) is 12.1 Å². The summed E-state index contributed by atoms with van der Waals surface area (Å²) in [6, 6.07) is 20.0. The number of amides is 2. The Morgan fingerprint density at radius 1 is 1.10 bits per heavy atom. The van der Waals surface area contributed by atoms with E-state index in [-0.39, 0.29) is 41.1 Å². The molecule has 3 aromatic carbocycles. The molecule has 3 N–H and O–H groups in total. The van der Waals surface area contributed by atoms with E-state index in [1.165, 1.54) is 23.9 Å². The quantitative estimate of drug-likeness (QED) is 0.133. The van der Waals surface area contributed by atoms with Gasteiger partial charge in [-0.3, -0.25) is 9.59 Å². The smallest absolute Gasteiger partial charge is 0.253 e. The van der Waals surface area contributed by atoms with E-state index < -0.39 is 11.1 Å². The third kappa shape index (κ3) is 8.01. The number of ether oxygens (including phenoxy) is 1. The Morgan fingerprint density at radius 3 is 2.50 bits per heavy atom. The average Bonchev–Trinajstić information content (AvgIpc) is 3.70. The number of hydrazone groups is 1. The number of aryl methyl sites for hydroxylation is 1. The number of rotatable bonds is 13. The van der Waals surface area contributed by atoms with Gasteiger partial charge in [-0.25, -0.2) is 9.22 Å². The minimum Gasteiger partial charge on any atom is -0.497 e. The molecular weight excluding hydrogens is 651 g/mol. The molecule has 2 amide bonds. The van der Waals surface area contributed by atoms with Crippen LogP contribution in [0.2, 0.25) is 0 Å². The first kappa shape index (κ1) is 35.0. The number of methoxy groups -OCH3 is 1. The summed E-state index contributed by atoms with van der Waals surface area (Å²) in [7, 11) is 3.40. The number of aromatic nitrogens is 3. The fourth-order valence-corrected chi connectivity index (χ4v) is 6.83. The van der Waals surface area contributed by atoms with Gasteiger partial charge in [0.05, 0.1) is 36.1 Å². The van der Waals surface area contributed by atoms with E-state index in [1.54, 1.807) is 29.8 Å². The molecule has 2 heterocycles. The van der Waals surface area contributed by atoms with Gasteiger partial charge in [-0.1, -0.05) is 48.5 Å². The molecule has 1 aliphatic rings. The van der Waals surface area contributed by atoms with E-state index in [1.807, 2.05) is 69.3 Å². The third-order valence-electron chi connectivity index (χ3n) is 8.15. The highest BCUT2D eigenvalue weighted by Crippen LogP contribution is 2.34. The van der Waals surface area contributed by atoms with Crippen LogP contribution in [0.3, 0.4) is 0 Å². The number of carbonyl (C=O) groups is 2. The predicted molar refractivity (Wildman–Crippen MR) is 185 cm³/mol. The van der Waals surface area contributed by atoms with Gasteiger partial charge in [-0.05, 0) is 79.5 Å². The van der Waals surface area contributed by atoms with Crippen molar-refractivity contribution in [1.82, 2.24) is 30.4 Å². The van der Waals surface area contributed by atoms with E-state index in [0.29, 0.717) is 35.1 Å². The van der Waals surface area contributed by atoms with Gasteiger partial charge < -0.3 is 24.5 Å². The van der Waals surface area contributed by atoms with Gasteiger partial charge in [0.15, 0.2) is 22.1 Å². The van der Waals surface area contributed by atoms with Crippen LogP contribution in [0.15, 0.2) is 81.9 Å². The van der Waals surface area contributed by atoms with Gasteiger partial charge in [-0.2, -0.15) is 5.10 Å². The molecule has 0 spiro atoms. The van der Waals surface area contributed by atoms with Gasteiger partial charge >= 0.3 is 0 Å². The van der Waals surface area contributed by atoms with Gasteiger partial charge in [0, 0.05) is 25.1 Å². The molecule has 0 aliphatic carbocycles.